The summed E-state index contributed by atoms with van der Waals surface area (Å²) in [6.07, 6.45) is 20.9. The number of unbranched alkanes of at least 4 members (excludes halogenated alkanes) is 4. The van der Waals surface area contributed by atoms with Gasteiger partial charge < -0.3 is 5.11 Å². The zero-order valence-electron chi connectivity index (χ0n) is 14.5. The maximum atomic E-state index is 11.0. The molecule has 0 radical (unpaired) electrons. The lowest BCUT2D eigenvalue weighted by Gasteiger charge is -2.14. The Morgan fingerprint density at radius 1 is 1.04 bits per heavy atom. The summed E-state index contributed by atoms with van der Waals surface area (Å²) in [4.78, 5) is 21.4. The van der Waals surface area contributed by atoms with Gasteiger partial charge in [-0.3, -0.25) is 4.79 Å². The van der Waals surface area contributed by atoms with Crippen LogP contribution in [0.5, 0.6) is 0 Å². The number of aliphatic carboxylic acids is 1. The van der Waals surface area contributed by atoms with Crippen LogP contribution in [0.2, 0.25) is 0 Å². The Balaban J connectivity index is 2.20. The van der Waals surface area contributed by atoms with Gasteiger partial charge in [0.25, 0.3) is 0 Å². The largest absolute Gasteiger partial charge is 0.476 e. The molecular formula is C20H32O3. The number of allylic oxidation sites excluding steroid dienone is 4. The fraction of sp³-hybridized carbons (Fsp3) is 0.700. The molecule has 2 atom stereocenters. The molecule has 130 valence electrons. The summed E-state index contributed by atoms with van der Waals surface area (Å²) in [6, 6.07) is 0. The predicted molar refractivity (Wildman–Crippen MR) is 94.4 cm³/mol. The molecule has 1 aliphatic carbocycles. The maximum absolute atomic E-state index is 11.0. The van der Waals surface area contributed by atoms with E-state index in [1.807, 2.05) is 6.08 Å². The van der Waals surface area contributed by atoms with Crippen molar-refractivity contribution >= 4 is 11.8 Å². The Bertz CT molecular complexity index is 409. The lowest BCUT2D eigenvalue weighted by atomic mass is 9.92. The lowest BCUT2D eigenvalue weighted by Crippen LogP contribution is -2.11. The number of rotatable bonds is 12. The summed E-state index contributed by atoms with van der Waals surface area (Å²) in [7, 11) is 0. The highest BCUT2D eigenvalue weighted by Crippen LogP contribution is 2.35. The molecule has 1 rings (SSSR count). The van der Waals surface area contributed by atoms with Crippen LogP contribution < -0.4 is 0 Å². The highest BCUT2D eigenvalue weighted by molar-refractivity contribution is 6.32. The minimum atomic E-state index is -1.32. The van der Waals surface area contributed by atoms with Crippen molar-refractivity contribution in [3.8, 4) is 0 Å². The maximum Gasteiger partial charge on any atom is 0.372 e. The summed E-state index contributed by atoms with van der Waals surface area (Å²) in [5.41, 5.74) is 0. The number of hydrogen-bond acceptors (Lipinski definition) is 2. The van der Waals surface area contributed by atoms with Crippen LogP contribution in [0.1, 0.15) is 77.6 Å². The van der Waals surface area contributed by atoms with Crippen LogP contribution in [0.4, 0.5) is 0 Å². The summed E-state index contributed by atoms with van der Waals surface area (Å²) < 4.78 is 0. The van der Waals surface area contributed by atoms with Crippen molar-refractivity contribution in [1.82, 2.24) is 0 Å². The molecule has 0 aromatic rings. The highest BCUT2D eigenvalue weighted by Gasteiger charge is 2.23. The number of carboxylic acid groups (broad SMARTS) is 1. The first kappa shape index (κ1) is 19.7. The Hall–Kier alpha value is -1.38. The topological polar surface area (TPSA) is 54.4 Å². The van der Waals surface area contributed by atoms with Gasteiger partial charge in [-0.15, -0.1) is 0 Å². The van der Waals surface area contributed by atoms with Gasteiger partial charge >= 0.3 is 5.97 Å². The van der Waals surface area contributed by atoms with Gasteiger partial charge in [0.1, 0.15) is 0 Å². The molecule has 0 unspecified atom stereocenters. The smallest absolute Gasteiger partial charge is 0.372 e. The first-order chi connectivity index (χ1) is 11.1. The van der Waals surface area contributed by atoms with Crippen LogP contribution in [0.25, 0.3) is 0 Å². The van der Waals surface area contributed by atoms with Gasteiger partial charge in [0.15, 0.2) is 0 Å². The van der Waals surface area contributed by atoms with E-state index >= 15 is 0 Å². The average Bonchev–Trinajstić information content (AvgIpc) is 2.97. The van der Waals surface area contributed by atoms with E-state index in [1.165, 1.54) is 51.4 Å². The van der Waals surface area contributed by atoms with Gasteiger partial charge in [0.05, 0.1) is 0 Å². The van der Waals surface area contributed by atoms with Gasteiger partial charge in [-0.25, -0.2) is 4.79 Å². The molecule has 3 heteroatoms. The van der Waals surface area contributed by atoms with Crippen LogP contribution in [0, 0.1) is 11.8 Å². The SMILES string of the molecule is CCCCCCC=C[C@H]1CCC[C@@H]1CC=CCCC(=O)C(=O)O. The van der Waals surface area contributed by atoms with E-state index in [1.54, 1.807) is 0 Å². The quantitative estimate of drug-likeness (QED) is 0.301. The Morgan fingerprint density at radius 2 is 1.87 bits per heavy atom. The molecule has 0 aromatic heterocycles. The molecule has 0 saturated heterocycles. The monoisotopic (exact) mass is 320 g/mol. The number of Topliss-reactive ketones (excluding diaryl/α,β-unsaturated/α-hetero) is 1. The highest BCUT2D eigenvalue weighted by atomic mass is 16.4. The van der Waals surface area contributed by atoms with Gasteiger partial charge in [-0.05, 0) is 50.4 Å². The normalized spacial score (nSPS) is 21.4. The molecular weight excluding hydrogens is 288 g/mol. The van der Waals surface area contributed by atoms with Crippen LogP contribution in [0.15, 0.2) is 24.3 Å². The second kappa shape index (κ2) is 12.1. The van der Waals surface area contributed by atoms with Gasteiger partial charge in [0.2, 0.25) is 5.78 Å². The molecule has 1 aliphatic rings. The van der Waals surface area contributed by atoms with Gasteiger partial charge in [-0.1, -0.05) is 56.9 Å². The third-order valence-corrected chi connectivity index (χ3v) is 4.71. The molecule has 0 bridgehead atoms. The van der Waals surface area contributed by atoms with Crippen molar-refractivity contribution in [1.29, 1.82) is 0 Å². The summed E-state index contributed by atoms with van der Waals surface area (Å²) in [5.74, 6) is -0.600. The van der Waals surface area contributed by atoms with Crippen molar-refractivity contribution in [2.24, 2.45) is 11.8 Å². The summed E-state index contributed by atoms with van der Waals surface area (Å²) >= 11 is 0. The van der Waals surface area contributed by atoms with E-state index in [2.05, 4.69) is 25.2 Å². The molecule has 1 fully saturated rings. The molecule has 0 amide bonds. The minimum absolute atomic E-state index is 0.109. The van der Waals surface area contributed by atoms with Crippen molar-refractivity contribution in [2.45, 2.75) is 77.6 Å². The van der Waals surface area contributed by atoms with E-state index in [9.17, 15) is 9.59 Å². The molecule has 1 saturated carbocycles. The fourth-order valence-electron chi connectivity index (χ4n) is 3.28. The van der Waals surface area contributed by atoms with E-state index in [0.717, 1.165) is 6.42 Å². The molecule has 0 heterocycles. The number of ketones is 1. The lowest BCUT2D eigenvalue weighted by molar-refractivity contribution is -0.149. The number of carbonyl (C=O) groups excluding carboxylic acids is 1. The van der Waals surface area contributed by atoms with Crippen LogP contribution in [-0.4, -0.2) is 16.9 Å². The molecule has 0 aromatic carbocycles. The van der Waals surface area contributed by atoms with Gasteiger partial charge in [-0.2, -0.15) is 0 Å². The van der Waals surface area contributed by atoms with E-state index in [4.69, 9.17) is 5.11 Å². The zero-order valence-corrected chi connectivity index (χ0v) is 14.5. The van der Waals surface area contributed by atoms with Crippen LogP contribution >= 0.6 is 0 Å². The van der Waals surface area contributed by atoms with Crippen molar-refractivity contribution in [3.63, 3.8) is 0 Å². The van der Waals surface area contributed by atoms with Crippen LogP contribution in [0.3, 0.4) is 0 Å². The summed E-state index contributed by atoms with van der Waals surface area (Å²) in [5, 5.41) is 8.52. The molecule has 1 N–H and O–H groups in total. The van der Waals surface area contributed by atoms with E-state index in [-0.39, 0.29) is 6.42 Å². The van der Waals surface area contributed by atoms with E-state index < -0.39 is 11.8 Å². The first-order valence-electron chi connectivity index (χ1n) is 9.23. The number of carbonyl (C=O) groups is 2. The standard InChI is InChI=1S/C20H32O3/c1-2-3-4-5-6-8-12-17-14-11-15-18(17)13-9-7-10-16-19(21)20(22)23/h7-9,12,17-18H,2-6,10-11,13-16H2,1H3,(H,22,23)/t17-,18-/m0/s1. The van der Waals surface area contributed by atoms with Crippen molar-refractivity contribution < 1.29 is 14.7 Å². The Morgan fingerprint density at radius 3 is 2.61 bits per heavy atom. The molecule has 0 aliphatic heterocycles. The first-order valence-corrected chi connectivity index (χ1v) is 9.23. The molecule has 3 nitrogen and oxygen atoms in total. The third-order valence-electron chi connectivity index (χ3n) is 4.71. The van der Waals surface area contributed by atoms with Crippen LogP contribution in [-0.2, 0) is 9.59 Å². The second-order valence-electron chi connectivity index (χ2n) is 6.61. The zero-order chi connectivity index (χ0) is 16.9. The Labute approximate surface area is 140 Å². The summed E-state index contributed by atoms with van der Waals surface area (Å²) in [6.45, 7) is 2.24. The fourth-order valence-corrected chi connectivity index (χ4v) is 3.28. The van der Waals surface area contributed by atoms with Gasteiger partial charge in [0, 0.05) is 6.42 Å². The second-order valence-corrected chi connectivity index (χ2v) is 6.61. The third kappa shape index (κ3) is 8.73. The average molecular weight is 320 g/mol. The Kier molecular flexibility index (Phi) is 10.3. The minimum Gasteiger partial charge on any atom is -0.476 e. The van der Waals surface area contributed by atoms with E-state index in [0.29, 0.717) is 18.3 Å². The number of hydrogen-bond donors (Lipinski definition) is 1. The predicted octanol–water partition coefficient (Wildman–Crippen LogP) is 5.31. The molecule has 0 spiro atoms. The van der Waals surface area contributed by atoms with Crippen molar-refractivity contribution in [3.05, 3.63) is 24.3 Å². The van der Waals surface area contributed by atoms with Crippen molar-refractivity contribution in [2.75, 3.05) is 0 Å². The molecule has 23 heavy (non-hydrogen) atoms. The number of carboxylic acids is 1.